The van der Waals surface area contributed by atoms with Crippen molar-refractivity contribution in [3.05, 3.63) is 141 Å². The van der Waals surface area contributed by atoms with Gasteiger partial charge in [-0.05, 0) is 120 Å². The minimum atomic E-state index is -1.78. The number of amides is 4. The van der Waals surface area contributed by atoms with Crippen LogP contribution in [0.15, 0.2) is 102 Å². The van der Waals surface area contributed by atoms with E-state index in [0.717, 1.165) is 70.8 Å². The van der Waals surface area contributed by atoms with E-state index in [2.05, 4.69) is 9.80 Å². The summed E-state index contributed by atoms with van der Waals surface area (Å²) in [5.41, 5.74) is 13.3. The van der Waals surface area contributed by atoms with Gasteiger partial charge in [-0.2, -0.15) is 0 Å². The van der Waals surface area contributed by atoms with Crippen molar-refractivity contribution in [3.63, 3.8) is 0 Å². The number of amidine groups is 1. The first-order valence-electron chi connectivity index (χ1n) is 23.6. The minimum Gasteiger partial charge on any atom is -0.508 e. The number of benzene rings is 4. The van der Waals surface area contributed by atoms with Gasteiger partial charge in [-0.25, -0.2) is 24.3 Å². The first-order valence-corrected chi connectivity index (χ1v) is 23.6. The molecule has 3 aliphatic heterocycles. The van der Waals surface area contributed by atoms with E-state index in [4.69, 9.17) is 25.6 Å². The third kappa shape index (κ3) is 9.51. The smallest absolute Gasteiger partial charge is 0.411 e. The molecule has 0 saturated carbocycles. The van der Waals surface area contributed by atoms with Crippen molar-refractivity contribution in [2.45, 2.75) is 78.6 Å². The molecule has 5 N–H and O–H groups in total. The summed E-state index contributed by atoms with van der Waals surface area (Å²) in [5.74, 6) is -0.479. The molecule has 0 aliphatic carbocycles. The number of aromatic nitrogens is 1. The first-order chi connectivity index (χ1) is 33.5. The number of anilines is 2. The zero-order valence-corrected chi connectivity index (χ0v) is 40.5. The Morgan fingerprint density at radius 1 is 0.971 bits per heavy atom. The van der Waals surface area contributed by atoms with Crippen molar-refractivity contribution in [1.29, 1.82) is 5.41 Å². The molecule has 16 nitrogen and oxygen atoms in total. The summed E-state index contributed by atoms with van der Waals surface area (Å²) < 4.78 is 11.8. The van der Waals surface area contributed by atoms with Crippen LogP contribution >= 0.6 is 0 Å². The van der Waals surface area contributed by atoms with Crippen molar-refractivity contribution < 1.29 is 38.9 Å². The number of carbonyl (C=O) groups is 4. The highest BCUT2D eigenvalue weighted by atomic mass is 16.6. The van der Waals surface area contributed by atoms with E-state index in [1.807, 2.05) is 64.1 Å². The summed E-state index contributed by atoms with van der Waals surface area (Å²) in [6.07, 6.45) is 2.48. The summed E-state index contributed by atoms with van der Waals surface area (Å²) >= 11 is 0. The molecule has 8 rings (SSSR count). The Morgan fingerprint density at radius 3 is 2.31 bits per heavy atom. The third-order valence-corrected chi connectivity index (χ3v) is 13.6. The highest BCUT2D eigenvalue weighted by Crippen LogP contribution is 2.42. The summed E-state index contributed by atoms with van der Waals surface area (Å²) in [5, 5.41) is 30.1. The molecule has 1 fully saturated rings. The maximum absolute atomic E-state index is 14.0. The number of cyclic esters (lactones) is 1. The monoisotopic (exact) mass is 948 g/mol. The molecule has 4 amide bonds. The number of carbonyl (C=O) groups excluding carboxylic acids is 4. The second-order valence-electron chi connectivity index (χ2n) is 18.5. The molecular formula is C54H60N8O8. The summed E-state index contributed by atoms with van der Waals surface area (Å²) in [7, 11) is 1.62. The second-order valence-corrected chi connectivity index (χ2v) is 18.5. The Bertz CT molecular complexity index is 2920. The number of piperazine rings is 1. The van der Waals surface area contributed by atoms with E-state index in [9.17, 15) is 29.4 Å². The van der Waals surface area contributed by atoms with Gasteiger partial charge in [-0.3, -0.25) is 15.1 Å². The maximum atomic E-state index is 14.0. The van der Waals surface area contributed by atoms with Gasteiger partial charge in [0, 0.05) is 74.1 Å². The van der Waals surface area contributed by atoms with E-state index in [0.29, 0.717) is 57.8 Å². The normalized spacial score (nSPS) is 17.8. The van der Waals surface area contributed by atoms with Crippen molar-refractivity contribution in [2.75, 3.05) is 49.6 Å². The van der Waals surface area contributed by atoms with Gasteiger partial charge in [0.25, 0.3) is 0 Å². The number of aromatic hydroxyl groups is 2. The molecule has 1 unspecified atom stereocenters. The van der Waals surface area contributed by atoms with E-state index in [1.165, 1.54) is 15.9 Å². The van der Waals surface area contributed by atoms with Gasteiger partial charge in [0.1, 0.15) is 23.9 Å². The van der Waals surface area contributed by atoms with Crippen LogP contribution in [-0.2, 0) is 45.1 Å². The van der Waals surface area contributed by atoms with Gasteiger partial charge in [0.15, 0.2) is 0 Å². The molecule has 1 saturated heterocycles. The van der Waals surface area contributed by atoms with Gasteiger partial charge in [-0.1, -0.05) is 52.0 Å². The zero-order chi connectivity index (χ0) is 50.0. The van der Waals surface area contributed by atoms with Crippen LogP contribution < -0.4 is 15.5 Å². The fraction of sp³-hybridized carbons (Fsp3) is 0.333. The van der Waals surface area contributed by atoms with Crippen molar-refractivity contribution in [3.8, 4) is 11.5 Å². The SMILES string of the molecule is CCc1c2c(nc3ccc(O)cc13)/C(=C/C1=C(C)COC(=O)C1(CC)OC(=O)N(C)Cc1ccc(N3CCN(Cc4ccc(N(C(=N)c5ccc(O)c(C(C)C)c5)C(N)=O)cc4)CC3)cc1)N(C=O)C2. The molecule has 4 heterocycles. The average Bonchev–Trinajstić information content (AvgIpc) is 3.70. The number of urea groups is 1. The maximum Gasteiger partial charge on any atom is 0.411 e. The van der Waals surface area contributed by atoms with E-state index >= 15 is 0 Å². The quantitative estimate of drug-likeness (QED) is 0.0383. The first kappa shape index (κ1) is 48.7. The fourth-order valence-electron chi connectivity index (χ4n) is 9.69. The molecule has 0 bridgehead atoms. The molecule has 1 aromatic heterocycles. The molecule has 1 atom stereocenters. The van der Waals surface area contributed by atoms with E-state index in [1.54, 1.807) is 62.5 Å². The molecule has 3 aliphatic rings. The lowest BCUT2D eigenvalue weighted by molar-refractivity contribution is -0.163. The Labute approximate surface area is 407 Å². The highest BCUT2D eigenvalue weighted by Gasteiger charge is 2.50. The molecule has 0 radical (unpaired) electrons. The third-order valence-electron chi connectivity index (χ3n) is 13.6. The molecule has 364 valence electrons. The van der Waals surface area contributed by atoms with Gasteiger partial charge >= 0.3 is 18.1 Å². The van der Waals surface area contributed by atoms with Crippen LogP contribution in [0.1, 0.15) is 86.0 Å². The van der Waals surface area contributed by atoms with Gasteiger partial charge in [0.05, 0.1) is 29.1 Å². The zero-order valence-electron chi connectivity index (χ0n) is 40.5. The molecule has 0 spiro atoms. The predicted molar refractivity (Wildman–Crippen MR) is 268 cm³/mol. The van der Waals surface area contributed by atoms with Crippen molar-refractivity contribution >= 4 is 58.3 Å². The number of phenols is 2. The number of fused-ring (bicyclic) bond motifs is 2. The lowest BCUT2D eigenvalue weighted by Gasteiger charge is -2.37. The second kappa shape index (κ2) is 20.1. The Hall–Kier alpha value is -7.72. The minimum absolute atomic E-state index is 0.00289. The number of nitrogens with two attached hydrogens (primary N) is 1. The number of aryl methyl sites for hydroxylation is 1. The van der Waals surface area contributed by atoms with Crippen LogP contribution in [-0.4, -0.2) is 106 Å². The lowest BCUT2D eigenvalue weighted by Crippen LogP contribution is -2.50. The van der Waals surface area contributed by atoms with E-state index in [-0.39, 0.29) is 49.4 Å². The van der Waals surface area contributed by atoms with Crippen LogP contribution in [0.4, 0.5) is 21.0 Å². The van der Waals surface area contributed by atoms with Gasteiger partial charge < -0.3 is 40.1 Å². The number of primary amides is 1. The van der Waals surface area contributed by atoms with Crippen molar-refractivity contribution in [1.82, 2.24) is 19.7 Å². The molecule has 70 heavy (non-hydrogen) atoms. The number of nitrogens with one attached hydrogen (secondary N) is 1. The average molecular weight is 949 g/mol. The Kier molecular flexibility index (Phi) is 14.0. The molecular weight excluding hydrogens is 889 g/mol. The molecule has 4 aromatic carbocycles. The van der Waals surface area contributed by atoms with Crippen LogP contribution in [0, 0.1) is 5.41 Å². The Morgan fingerprint density at radius 2 is 1.67 bits per heavy atom. The standard InChI is InChI=1S/C54H60N8O8/c1-7-41-43-26-40(64)18-19-46(43)57-49-44(41)30-61(32-63)47(49)27-45-34(5)31-69-51(66)54(45,8-2)70-53(68)58(6)28-35-9-14-38(15-10-35)60-23-21-59(22-24-60)29-36-11-16-39(17-12-36)62(52(56)67)50(55)37-13-20-48(65)42(25-37)33(3)4/h9-20,25-27,32-33,55,64-65H,7-8,21-24,28-31H2,1-6H3,(H2,56,67)/b47-27-,55-50?. The molecule has 16 heteroatoms. The van der Waals surface area contributed by atoms with Crippen LogP contribution in [0.25, 0.3) is 16.6 Å². The van der Waals surface area contributed by atoms with Crippen LogP contribution in [0.5, 0.6) is 11.5 Å². The van der Waals surface area contributed by atoms with E-state index < -0.39 is 23.7 Å². The Balaban J connectivity index is 0.893. The summed E-state index contributed by atoms with van der Waals surface area (Å²) in [6.45, 7) is 13.9. The number of hydrogen-bond donors (Lipinski definition) is 4. The number of rotatable bonds is 13. The molecule has 5 aromatic rings. The van der Waals surface area contributed by atoms with Crippen molar-refractivity contribution in [2.24, 2.45) is 5.73 Å². The lowest BCUT2D eigenvalue weighted by atomic mass is 9.84. The van der Waals surface area contributed by atoms with Crippen LogP contribution in [0.2, 0.25) is 0 Å². The number of ether oxygens (including phenoxy) is 2. The largest absolute Gasteiger partial charge is 0.508 e. The van der Waals surface area contributed by atoms with Gasteiger partial charge in [-0.15, -0.1) is 0 Å². The predicted octanol–water partition coefficient (Wildman–Crippen LogP) is 8.17. The summed E-state index contributed by atoms with van der Waals surface area (Å²) in [4.78, 5) is 66.7. The number of esters is 1. The fourth-order valence-corrected chi connectivity index (χ4v) is 9.69. The number of pyridine rings is 1. The number of hydrogen-bond acceptors (Lipinski definition) is 12. The summed E-state index contributed by atoms with van der Waals surface area (Å²) in [6, 6.07) is 24.6. The van der Waals surface area contributed by atoms with Gasteiger partial charge in [0.2, 0.25) is 12.0 Å². The highest BCUT2D eigenvalue weighted by molar-refractivity contribution is 6.21. The van der Waals surface area contributed by atoms with Crippen LogP contribution in [0.3, 0.4) is 0 Å². The topological polar surface area (TPSA) is 206 Å². The number of phenolic OH excluding ortho intramolecular Hbond substituents is 2. The number of nitrogens with zero attached hydrogens (tertiary/aromatic N) is 6.